The summed E-state index contributed by atoms with van der Waals surface area (Å²) < 4.78 is 0. The van der Waals surface area contributed by atoms with Crippen LogP contribution in [0.3, 0.4) is 0 Å². The lowest BCUT2D eigenvalue weighted by Gasteiger charge is -2.37. The Morgan fingerprint density at radius 2 is 1.41 bits per heavy atom. The van der Waals surface area contributed by atoms with Gasteiger partial charge in [0.2, 0.25) is 5.91 Å². The molecular formula is C25H37N3O. The van der Waals surface area contributed by atoms with Crippen LogP contribution in [0.2, 0.25) is 0 Å². The van der Waals surface area contributed by atoms with E-state index in [-0.39, 0.29) is 0 Å². The van der Waals surface area contributed by atoms with Crippen molar-refractivity contribution in [2.45, 2.75) is 70.3 Å². The van der Waals surface area contributed by atoms with Gasteiger partial charge in [0.1, 0.15) is 0 Å². The molecule has 0 N–H and O–H groups in total. The summed E-state index contributed by atoms with van der Waals surface area (Å²) in [6.45, 7) is 6.20. The average molecular weight is 396 g/mol. The van der Waals surface area contributed by atoms with Crippen molar-refractivity contribution in [3.8, 4) is 0 Å². The van der Waals surface area contributed by atoms with Gasteiger partial charge in [-0.05, 0) is 61.8 Å². The predicted octanol–water partition coefficient (Wildman–Crippen LogP) is 3.87. The van der Waals surface area contributed by atoms with E-state index in [0.29, 0.717) is 11.8 Å². The lowest BCUT2D eigenvalue weighted by atomic mass is 10.0. The number of piperazine rings is 1. The zero-order chi connectivity index (χ0) is 19.6. The number of benzene rings is 1. The SMILES string of the molecule is O=C(C1CCCC1)N1CCN(c2ccc3c(c2)CCN(C2CCCC2)CC3)CC1. The topological polar surface area (TPSA) is 26.8 Å². The van der Waals surface area contributed by atoms with Crippen molar-refractivity contribution >= 4 is 11.6 Å². The minimum absolute atomic E-state index is 0.317. The molecule has 1 aromatic rings. The fraction of sp³-hybridized carbons (Fsp3) is 0.720. The van der Waals surface area contributed by atoms with Crippen molar-refractivity contribution in [3.63, 3.8) is 0 Å². The molecule has 4 aliphatic rings. The lowest BCUT2D eigenvalue weighted by molar-refractivity contribution is -0.135. The first-order valence-electron chi connectivity index (χ1n) is 12.2. The number of fused-ring (bicyclic) bond motifs is 1. The van der Waals surface area contributed by atoms with Gasteiger partial charge in [-0.2, -0.15) is 0 Å². The van der Waals surface area contributed by atoms with Gasteiger partial charge < -0.3 is 9.80 Å². The highest BCUT2D eigenvalue weighted by Gasteiger charge is 2.30. The normalized spacial score (nSPS) is 24.7. The quantitative estimate of drug-likeness (QED) is 0.777. The van der Waals surface area contributed by atoms with Crippen molar-refractivity contribution in [3.05, 3.63) is 29.3 Å². The molecule has 0 bridgehead atoms. The molecule has 2 aliphatic heterocycles. The summed E-state index contributed by atoms with van der Waals surface area (Å²) in [7, 11) is 0. The second-order valence-corrected chi connectivity index (χ2v) is 9.72. The molecule has 2 heterocycles. The van der Waals surface area contributed by atoms with Gasteiger partial charge >= 0.3 is 0 Å². The number of amides is 1. The first-order valence-corrected chi connectivity index (χ1v) is 12.2. The third-order valence-corrected chi connectivity index (χ3v) is 8.03. The van der Waals surface area contributed by atoms with Crippen molar-refractivity contribution < 1.29 is 4.79 Å². The van der Waals surface area contributed by atoms with Crippen LogP contribution in [0, 0.1) is 5.92 Å². The van der Waals surface area contributed by atoms with E-state index in [2.05, 4.69) is 32.9 Å². The standard InChI is InChI=1S/C25H37N3O/c29-25(21-5-1-2-6-21)28-17-15-27(16-18-28)24-10-9-20-11-13-26(14-12-22(20)19-24)23-7-3-4-8-23/h9-10,19,21,23H,1-8,11-18H2. The van der Waals surface area contributed by atoms with E-state index < -0.39 is 0 Å². The number of rotatable bonds is 3. The van der Waals surface area contributed by atoms with Crippen LogP contribution in [0.15, 0.2) is 18.2 Å². The van der Waals surface area contributed by atoms with Gasteiger partial charge in [-0.1, -0.05) is 31.7 Å². The number of nitrogens with zero attached hydrogens (tertiary/aromatic N) is 3. The van der Waals surface area contributed by atoms with Crippen molar-refractivity contribution in [2.24, 2.45) is 5.92 Å². The largest absolute Gasteiger partial charge is 0.368 e. The van der Waals surface area contributed by atoms with Crippen LogP contribution in [0.25, 0.3) is 0 Å². The molecule has 4 heteroatoms. The van der Waals surface area contributed by atoms with Gasteiger partial charge in [0.05, 0.1) is 0 Å². The van der Waals surface area contributed by atoms with Gasteiger partial charge in [0, 0.05) is 56.9 Å². The fourth-order valence-corrected chi connectivity index (χ4v) is 6.18. The maximum atomic E-state index is 12.7. The zero-order valence-corrected chi connectivity index (χ0v) is 18.0. The molecule has 0 atom stereocenters. The molecule has 158 valence electrons. The predicted molar refractivity (Wildman–Crippen MR) is 118 cm³/mol. The molecule has 0 radical (unpaired) electrons. The minimum Gasteiger partial charge on any atom is -0.368 e. The first-order chi connectivity index (χ1) is 14.3. The summed E-state index contributed by atoms with van der Waals surface area (Å²) in [4.78, 5) is 20.1. The molecule has 2 aliphatic carbocycles. The molecule has 0 unspecified atom stereocenters. The first kappa shape index (κ1) is 19.4. The van der Waals surface area contributed by atoms with Gasteiger partial charge in [-0.3, -0.25) is 9.69 Å². The van der Waals surface area contributed by atoms with E-state index in [1.807, 2.05) is 0 Å². The van der Waals surface area contributed by atoms with Gasteiger partial charge in [-0.15, -0.1) is 0 Å². The van der Waals surface area contributed by atoms with Crippen LogP contribution in [-0.2, 0) is 17.6 Å². The van der Waals surface area contributed by atoms with E-state index in [1.165, 1.54) is 70.1 Å². The number of hydrogen-bond donors (Lipinski definition) is 0. The maximum Gasteiger partial charge on any atom is 0.225 e. The molecule has 3 fully saturated rings. The summed E-state index contributed by atoms with van der Waals surface area (Å²) in [6, 6.07) is 8.02. The van der Waals surface area contributed by atoms with E-state index in [4.69, 9.17) is 0 Å². The van der Waals surface area contributed by atoms with Crippen LogP contribution in [0.1, 0.15) is 62.5 Å². The van der Waals surface area contributed by atoms with E-state index in [9.17, 15) is 4.79 Å². The monoisotopic (exact) mass is 395 g/mol. The van der Waals surface area contributed by atoms with E-state index in [1.54, 1.807) is 11.1 Å². The van der Waals surface area contributed by atoms with Crippen molar-refractivity contribution in [1.29, 1.82) is 0 Å². The molecule has 0 aromatic heterocycles. The van der Waals surface area contributed by atoms with Crippen LogP contribution < -0.4 is 4.90 Å². The molecule has 1 aromatic carbocycles. The number of hydrogen-bond acceptors (Lipinski definition) is 3. The lowest BCUT2D eigenvalue weighted by Crippen LogP contribution is -2.50. The summed E-state index contributed by atoms with van der Waals surface area (Å²) in [5.41, 5.74) is 4.49. The Bertz CT molecular complexity index is 713. The average Bonchev–Trinajstić information content (AvgIpc) is 3.45. The minimum atomic E-state index is 0.317. The van der Waals surface area contributed by atoms with Crippen LogP contribution >= 0.6 is 0 Å². The summed E-state index contributed by atoms with van der Waals surface area (Å²) in [5, 5.41) is 0. The molecule has 2 saturated carbocycles. The highest BCUT2D eigenvalue weighted by molar-refractivity contribution is 5.79. The van der Waals surface area contributed by atoms with Crippen molar-refractivity contribution in [2.75, 3.05) is 44.2 Å². The Kier molecular flexibility index (Phi) is 5.81. The number of anilines is 1. The molecular weight excluding hydrogens is 358 g/mol. The van der Waals surface area contributed by atoms with Crippen LogP contribution in [0.5, 0.6) is 0 Å². The molecule has 5 rings (SSSR count). The summed E-state index contributed by atoms with van der Waals surface area (Å²) in [6.07, 6.45) is 12.8. The molecule has 4 nitrogen and oxygen atoms in total. The number of carbonyl (C=O) groups is 1. The third-order valence-electron chi connectivity index (χ3n) is 8.03. The smallest absolute Gasteiger partial charge is 0.225 e. The Hall–Kier alpha value is -1.55. The van der Waals surface area contributed by atoms with E-state index in [0.717, 1.165) is 45.1 Å². The van der Waals surface area contributed by atoms with E-state index >= 15 is 0 Å². The zero-order valence-electron chi connectivity index (χ0n) is 18.0. The van der Waals surface area contributed by atoms with Gasteiger partial charge in [0.15, 0.2) is 0 Å². The highest BCUT2D eigenvalue weighted by Crippen LogP contribution is 2.30. The molecule has 0 spiro atoms. The van der Waals surface area contributed by atoms with Gasteiger partial charge in [0.25, 0.3) is 0 Å². The fourth-order valence-electron chi connectivity index (χ4n) is 6.18. The third kappa shape index (κ3) is 4.19. The second kappa shape index (κ2) is 8.67. The number of carbonyl (C=O) groups excluding carboxylic acids is 1. The molecule has 29 heavy (non-hydrogen) atoms. The second-order valence-electron chi connectivity index (χ2n) is 9.72. The maximum absolute atomic E-state index is 12.7. The summed E-state index contributed by atoms with van der Waals surface area (Å²) >= 11 is 0. The Balaban J connectivity index is 1.19. The van der Waals surface area contributed by atoms with Crippen LogP contribution in [0.4, 0.5) is 5.69 Å². The summed E-state index contributed by atoms with van der Waals surface area (Å²) in [5.74, 6) is 0.743. The molecule has 1 amide bonds. The Morgan fingerprint density at radius 3 is 2.14 bits per heavy atom. The van der Waals surface area contributed by atoms with Gasteiger partial charge in [-0.25, -0.2) is 0 Å². The van der Waals surface area contributed by atoms with Crippen LogP contribution in [-0.4, -0.2) is 61.0 Å². The molecule has 1 saturated heterocycles. The van der Waals surface area contributed by atoms with Crippen molar-refractivity contribution in [1.82, 2.24) is 9.80 Å². The Morgan fingerprint density at radius 1 is 0.759 bits per heavy atom. The Labute approximate surface area is 176 Å². The highest BCUT2D eigenvalue weighted by atomic mass is 16.2.